The highest BCUT2D eigenvalue weighted by Crippen LogP contribution is 2.18. The molecule has 0 spiro atoms. The van der Waals surface area contributed by atoms with E-state index in [1.165, 1.54) is 6.92 Å². The summed E-state index contributed by atoms with van der Waals surface area (Å²) < 4.78 is 0. The molecule has 5 nitrogen and oxygen atoms in total. The SMILES string of the molecule is CCN(C(=O)c1cccc(NC(=S)NC(C)=O)c1)c1ccccc1. The minimum absolute atomic E-state index is 0.0993. The Morgan fingerprint density at radius 3 is 2.42 bits per heavy atom. The van der Waals surface area contributed by atoms with E-state index >= 15 is 0 Å². The van der Waals surface area contributed by atoms with Gasteiger partial charge in [-0.1, -0.05) is 24.3 Å². The molecule has 0 heterocycles. The normalized spacial score (nSPS) is 9.92. The van der Waals surface area contributed by atoms with Gasteiger partial charge in [-0.3, -0.25) is 9.59 Å². The second-order valence-electron chi connectivity index (χ2n) is 5.10. The summed E-state index contributed by atoms with van der Waals surface area (Å²) in [6, 6.07) is 16.5. The fraction of sp³-hybridized carbons (Fsp3) is 0.167. The van der Waals surface area contributed by atoms with Crippen LogP contribution in [0.5, 0.6) is 0 Å². The van der Waals surface area contributed by atoms with E-state index in [0.29, 0.717) is 17.8 Å². The van der Waals surface area contributed by atoms with Crippen LogP contribution in [0.2, 0.25) is 0 Å². The standard InChI is InChI=1S/C18H19N3O2S/c1-3-21(16-10-5-4-6-11-16)17(23)14-8-7-9-15(12-14)20-18(24)19-13(2)22/h4-12H,3H2,1-2H3,(H2,19,20,22,24). The molecule has 0 saturated carbocycles. The molecule has 2 N–H and O–H groups in total. The van der Waals surface area contributed by atoms with Crippen LogP contribution in [0.4, 0.5) is 11.4 Å². The van der Waals surface area contributed by atoms with Gasteiger partial charge >= 0.3 is 0 Å². The number of para-hydroxylation sites is 1. The number of hydrogen-bond donors (Lipinski definition) is 2. The Labute approximate surface area is 146 Å². The van der Waals surface area contributed by atoms with Gasteiger partial charge in [-0.2, -0.15) is 0 Å². The molecule has 0 aromatic heterocycles. The number of carbonyl (C=O) groups is 2. The largest absolute Gasteiger partial charge is 0.332 e. The molecule has 0 unspecified atom stereocenters. The zero-order valence-electron chi connectivity index (χ0n) is 13.6. The highest BCUT2D eigenvalue weighted by molar-refractivity contribution is 7.80. The smallest absolute Gasteiger partial charge is 0.258 e. The number of anilines is 2. The average molecular weight is 341 g/mol. The summed E-state index contributed by atoms with van der Waals surface area (Å²) in [4.78, 5) is 25.5. The highest BCUT2D eigenvalue weighted by atomic mass is 32.1. The Hall–Kier alpha value is -2.73. The van der Waals surface area contributed by atoms with Gasteiger partial charge in [0.2, 0.25) is 5.91 Å². The van der Waals surface area contributed by atoms with Gasteiger partial charge < -0.3 is 15.5 Å². The number of nitrogens with zero attached hydrogens (tertiary/aromatic N) is 1. The summed E-state index contributed by atoms with van der Waals surface area (Å²) in [6.45, 7) is 3.87. The molecule has 24 heavy (non-hydrogen) atoms. The molecular weight excluding hydrogens is 322 g/mol. The molecule has 0 saturated heterocycles. The number of benzene rings is 2. The van der Waals surface area contributed by atoms with Gasteiger partial charge in [0, 0.05) is 30.4 Å². The van der Waals surface area contributed by atoms with Crippen LogP contribution in [0.1, 0.15) is 24.2 Å². The fourth-order valence-electron chi connectivity index (χ4n) is 2.26. The second kappa shape index (κ2) is 8.21. The monoisotopic (exact) mass is 341 g/mol. The van der Waals surface area contributed by atoms with Gasteiger partial charge in [0.05, 0.1) is 0 Å². The lowest BCUT2D eigenvalue weighted by Gasteiger charge is -2.21. The van der Waals surface area contributed by atoms with Crippen molar-refractivity contribution in [1.29, 1.82) is 0 Å². The Balaban J connectivity index is 2.19. The Morgan fingerprint density at radius 1 is 1.08 bits per heavy atom. The summed E-state index contributed by atoms with van der Waals surface area (Å²) in [5.41, 5.74) is 2.03. The number of rotatable bonds is 4. The van der Waals surface area contributed by atoms with Crippen LogP contribution in [-0.4, -0.2) is 23.5 Å². The Kier molecular flexibility index (Phi) is 6.03. The predicted molar refractivity (Wildman–Crippen MR) is 100 cm³/mol. The van der Waals surface area contributed by atoms with Crippen LogP contribution in [0.3, 0.4) is 0 Å². The van der Waals surface area contributed by atoms with Crippen molar-refractivity contribution < 1.29 is 9.59 Å². The first-order valence-electron chi connectivity index (χ1n) is 7.56. The first-order chi connectivity index (χ1) is 11.5. The van der Waals surface area contributed by atoms with E-state index in [9.17, 15) is 9.59 Å². The summed E-state index contributed by atoms with van der Waals surface area (Å²) in [6.07, 6.45) is 0. The maximum absolute atomic E-state index is 12.8. The van der Waals surface area contributed by atoms with E-state index in [0.717, 1.165) is 5.69 Å². The van der Waals surface area contributed by atoms with Gasteiger partial charge in [-0.25, -0.2) is 0 Å². The van der Waals surface area contributed by atoms with Crippen molar-refractivity contribution in [3.63, 3.8) is 0 Å². The molecule has 2 amide bonds. The molecule has 6 heteroatoms. The van der Waals surface area contributed by atoms with Gasteiger partial charge in [0.15, 0.2) is 5.11 Å². The third-order valence-electron chi connectivity index (χ3n) is 3.29. The van der Waals surface area contributed by atoms with Crippen molar-refractivity contribution in [1.82, 2.24) is 5.32 Å². The molecular formula is C18H19N3O2S. The Bertz CT molecular complexity index is 747. The van der Waals surface area contributed by atoms with Crippen molar-refractivity contribution >= 4 is 40.5 Å². The van der Waals surface area contributed by atoms with Crippen LogP contribution >= 0.6 is 12.2 Å². The molecule has 0 aliphatic carbocycles. The minimum Gasteiger partial charge on any atom is -0.332 e. The minimum atomic E-state index is -0.249. The molecule has 124 valence electrons. The van der Waals surface area contributed by atoms with Gasteiger partial charge in [-0.05, 0) is 49.5 Å². The molecule has 2 aromatic rings. The zero-order chi connectivity index (χ0) is 17.5. The van der Waals surface area contributed by atoms with Crippen LogP contribution in [0.25, 0.3) is 0 Å². The van der Waals surface area contributed by atoms with E-state index in [1.54, 1.807) is 29.2 Å². The predicted octanol–water partition coefficient (Wildman–Crippen LogP) is 3.19. The molecule has 0 aliphatic heterocycles. The second-order valence-corrected chi connectivity index (χ2v) is 5.51. The van der Waals surface area contributed by atoms with E-state index in [4.69, 9.17) is 12.2 Å². The van der Waals surface area contributed by atoms with Crippen molar-refractivity contribution in [2.75, 3.05) is 16.8 Å². The van der Waals surface area contributed by atoms with Crippen LogP contribution in [-0.2, 0) is 4.79 Å². The molecule has 0 aliphatic rings. The van der Waals surface area contributed by atoms with Gasteiger partial charge in [0.25, 0.3) is 5.91 Å². The maximum atomic E-state index is 12.8. The van der Waals surface area contributed by atoms with Crippen molar-refractivity contribution in [2.24, 2.45) is 0 Å². The van der Waals surface area contributed by atoms with Crippen molar-refractivity contribution in [3.05, 3.63) is 60.2 Å². The highest BCUT2D eigenvalue weighted by Gasteiger charge is 2.16. The number of thiocarbonyl (C=S) groups is 1. The van der Waals surface area contributed by atoms with E-state index in [-0.39, 0.29) is 16.9 Å². The third-order valence-corrected chi connectivity index (χ3v) is 3.49. The number of hydrogen-bond acceptors (Lipinski definition) is 3. The molecule has 2 aromatic carbocycles. The lowest BCUT2D eigenvalue weighted by atomic mass is 10.1. The van der Waals surface area contributed by atoms with Crippen molar-refractivity contribution in [3.8, 4) is 0 Å². The molecule has 2 rings (SSSR count). The number of nitrogens with one attached hydrogen (secondary N) is 2. The molecule has 0 bridgehead atoms. The van der Waals surface area contributed by atoms with Gasteiger partial charge in [-0.15, -0.1) is 0 Å². The van der Waals surface area contributed by atoms with Crippen molar-refractivity contribution in [2.45, 2.75) is 13.8 Å². The van der Waals surface area contributed by atoms with E-state index in [2.05, 4.69) is 10.6 Å². The van der Waals surface area contributed by atoms with Gasteiger partial charge in [0.1, 0.15) is 0 Å². The summed E-state index contributed by atoms with van der Waals surface area (Å²) >= 11 is 5.03. The summed E-state index contributed by atoms with van der Waals surface area (Å²) in [7, 11) is 0. The lowest BCUT2D eigenvalue weighted by molar-refractivity contribution is -0.117. The molecule has 0 fully saturated rings. The summed E-state index contributed by atoms with van der Waals surface area (Å²) in [5.74, 6) is -0.348. The molecule has 0 atom stereocenters. The van der Waals surface area contributed by atoms with Crippen LogP contribution in [0.15, 0.2) is 54.6 Å². The first kappa shape index (κ1) is 17.6. The van der Waals surface area contributed by atoms with Crippen LogP contribution < -0.4 is 15.5 Å². The van der Waals surface area contributed by atoms with E-state index in [1.807, 2.05) is 37.3 Å². The van der Waals surface area contributed by atoms with E-state index < -0.39 is 0 Å². The number of carbonyl (C=O) groups excluding carboxylic acids is 2. The third kappa shape index (κ3) is 4.63. The zero-order valence-corrected chi connectivity index (χ0v) is 14.4. The number of amides is 2. The molecule has 0 radical (unpaired) electrons. The quantitative estimate of drug-likeness (QED) is 0.839. The topological polar surface area (TPSA) is 61.4 Å². The first-order valence-corrected chi connectivity index (χ1v) is 7.97. The average Bonchev–Trinajstić information content (AvgIpc) is 2.56. The van der Waals surface area contributed by atoms with Crippen LogP contribution in [0, 0.1) is 0 Å². The lowest BCUT2D eigenvalue weighted by Crippen LogP contribution is -2.32. The maximum Gasteiger partial charge on any atom is 0.258 e. The Morgan fingerprint density at radius 2 is 1.79 bits per heavy atom. The summed E-state index contributed by atoms with van der Waals surface area (Å²) in [5, 5.41) is 5.58. The fourth-order valence-corrected chi connectivity index (χ4v) is 2.52.